The summed E-state index contributed by atoms with van der Waals surface area (Å²) >= 11 is 0. The Hall–Kier alpha value is -2.60. The third-order valence-corrected chi connectivity index (χ3v) is 4.23. The highest BCUT2D eigenvalue weighted by molar-refractivity contribution is 6.63. The summed E-state index contributed by atoms with van der Waals surface area (Å²) < 4.78 is 11.9. The third-order valence-electron chi connectivity index (χ3n) is 4.23. The quantitative estimate of drug-likeness (QED) is 0.620. The number of benzene rings is 2. The Balaban J connectivity index is 1.83. The van der Waals surface area contributed by atoms with Crippen molar-refractivity contribution >= 4 is 24.7 Å². The van der Waals surface area contributed by atoms with E-state index >= 15 is 0 Å². The number of hydrogen-bond donors (Lipinski definition) is 0. The van der Waals surface area contributed by atoms with E-state index in [9.17, 15) is 4.79 Å². The number of rotatable bonds is 5. The second-order valence-corrected chi connectivity index (χ2v) is 6.09. The van der Waals surface area contributed by atoms with Gasteiger partial charge in [0.05, 0.1) is 6.61 Å². The van der Waals surface area contributed by atoms with Crippen LogP contribution in [0.25, 0.3) is 0 Å². The molecule has 0 saturated carbocycles. The molecule has 0 fully saturated rings. The van der Waals surface area contributed by atoms with Gasteiger partial charge in [-0.2, -0.15) is 0 Å². The van der Waals surface area contributed by atoms with Gasteiger partial charge in [0.1, 0.15) is 5.75 Å². The minimum Gasteiger partial charge on any atom is -0.532 e. The zero-order valence-corrected chi connectivity index (χ0v) is 14.7. The van der Waals surface area contributed by atoms with E-state index < -0.39 is 7.12 Å². The Morgan fingerprint density at radius 2 is 2.16 bits per heavy atom. The second kappa shape index (κ2) is 7.53. The molecule has 1 aliphatic rings. The fourth-order valence-electron chi connectivity index (χ4n) is 2.78. The Bertz CT molecular complexity index is 807. The van der Waals surface area contributed by atoms with Gasteiger partial charge in [-0.05, 0) is 23.3 Å². The Morgan fingerprint density at radius 3 is 2.92 bits per heavy atom. The van der Waals surface area contributed by atoms with Crippen molar-refractivity contribution in [2.45, 2.75) is 20.1 Å². The van der Waals surface area contributed by atoms with E-state index in [2.05, 4.69) is 11.1 Å². The fraction of sp³-hybridized carbons (Fsp3) is 0.263. The molecule has 3 rings (SSSR count). The number of fused-ring (bicyclic) bond motifs is 1. The number of para-hydroxylation sites is 1. The monoisotopic (exact) mass is 336 g/mol. The lowest BCUT2D eigenvalue weighted by atomic mass is 9.78. The molecule has 1 aliphatic heterocycles. The van der Waals surface area contributed by atoms with Crippen molar-refractivity contribution in [1.82, 2.24) is 4.90 Å². The van der Waals surface area contributed by atoms with E-state index in [1.54, 1.807) is 32.1 Å². The van der Waals surface area contributed by atoms with Gasteiger partial charge < -0.3 is 14.2 Å². The van der Waals surface area contributed by atoms with Crippen LogP contribution in [0.4, 0.5) is 0 Å². The molecule has 0 aromatic heterocycles. The van der Waals surface area contributed by atoms with Gasteiger partial charge in [0.25, 0.3) is 0 Å². The average molecular weight is 336 g/mol. The molecular formula is C19H21BN2O3. The summed E-state index contributed by atoms with van der Waals surface area (Å²) in [6, 6.07) is 13.9. The number of carbonyl (C=O) groups excluding carboxylic acids is 1. The van der Waals surface area contributed by atoms with Crippen LogP contribution in [-0.2, 0) is 22.6 Å². The second-order valence-electron chi connectivity index (χ2n) is 6.09. The normalized spacial score (nSPS) is 13.2. The number of aliphatic imine (C=N–C) groups is 1. The molecule has 128 valence electrons. The highest BCUT2D eigenvalue weighted by Crippen LogP contribution is 2.21. The van der Waals surface area contributed by atoms with Crippen LogP contribution in [0.5, 0.6) is 5.75 Å². The molecule has 0 radical (unpaired) electrons. The van der Waals surface area contributed by atoms with Crippen LogP contribution in [0.15, 0.2) is 47.5 Å². The van der Waals surface area contributed by atoms with Crippen LogP contribution < -0.4 is 10.1 Å². The van der Waals surface area contributed by atoms with Crippen molar-refractivity contribution < 1.29 is 14.1 Å². The van der Waals surface area contributed by atoms with Gasteiger partial charge in [-0.3, -0.25) is 9.79 Å². The van der Waals surface area contributed by atoms with Crippen molar-refractivity contribution in [2.75, 3.05) is 14.1 Å². The first-order valence-electron chi connectivity index (χ1n) is 8.21. The van der Waals surface area contributed by atoms with Gasteiger partial charge in [-0.15, -0.1) is 0 Å². The Labute approximate surface area is 148 Å². The van der Waals surface area contributed by atoms with E-state index in [0.29, 0.717) is 13.2 Å². The summed E-state index contributed by atoms with van der Waals surface area (Å²) in [5, 5.41) is 0. The number of amides is 1. The van der Waals surface area contributed by atoms with E-state index in [1.807, 2.05) is 36.4 Å². The lowest BCUT2D eigenvalue weighted by molar-refractivity contribution is -0.128. The molecule has 0 unspecified atom stereocenters. The standard InChI is InChI=1S/C19H21BN2O3/c1-14(23)22(3)12-15-8-9-17-13-24-20(18(17)10-15)25-19-7-5-4-6-16(19)11-21-2/h4-11H,12-13H2,1-3H3/b21-11+. The molecule has 25 heavy (non-hydrogen) atoms. The summed E-state index contributed by atoms with van der Waals surface area (Å²) in [5.74, 6) is 0.773. The lowest BCUT2D eigenvalue weighted by Gasteiger charge is -2.16. The van der Waals surface area contributed by atoms with Crippen LogP contribution in [0, 0.1) is 0 Å². The molecule has 2 aromatic carbocycles. The molecule has 0 bridgehead atoms. The summed E-state index contributed by atoms with van der Waals surface area (Å²) in [4.78, 5) is 17.2. The summed E-state index contributed by atoms with van der Waals surface area (Å²) in [5.41, 5.74) is 4.09. The Morgan fingerprint density at radius 1 is 1.36 bits per heavy atom. The zero-order valence-electron chi connectivity index (χ0n) is 14.7. The maximum Gasteiger partial charge on any atom is 0.563 e. The first kappa shape index (κ1) is 17.2. The van der Waals surface area contributed by atoms with Crippen LogP contribution >= 0.6 is 0 Å². The van der Waals surface area contributed by atoms with E-state index in [1.165, 1.54) is 0 Å². The summed E-state index contributed by atoms with van der Waals surface area (Å²) in [7, 11) is 3.07. The summed E-state index contributed by atoms with van der Waals surface area (Å²) in [6.07, 6.45) is 1.77. The maximum absolute atomic E-state index is 11.5. The van der Waals surface area contributed by atoms with Crippen LogP contribution in [0.2, 0.25) is 0 Å². The van der Waals surface area contributed by atoms with Gasteiger partial charge >= 0.3 is 7.12 Å². The topological polar surface area (TPSA) is 51.1 Å². The average Bonchev–Trinajstić information content (AvgIpc) is 2.99. The SMILES string of the molecule is C/N=C/c1ccccc1OB1OCc2ccc(CN(C)C(C)=O)cc21. The minimum atomic E-state index is -0.455. The number of carbonyl (C=O) groups is 1. The van der Waals surface area contributed by atoms with Gasteiger partial charge in [-0.25, -0.2) is 0 Å². The lowest BCUT2D eigenvalue weighted by Crippen LogP contribution is -2.36. The number of nitrogens with zero attached hydrogens (tertiary/aromatic N) is 2. The zero-order chi connectivity index (χ0) is 17.8. The predicted octanol–water partition coefficient (Wildman–Crippen LogP) is 2.02. The molecule has 1 heterocycles. The molecule has 0 saturated heterocycles. The smallest absolute Gasteiger partial charge is 0.532 e. The third kappa shape index (κ3) is 3.91. The summed E-state index contributed by atoms with van der Waals surface area (Å²) in [6.45, 7) is 2.65. The van der Waals surface area contributed by atoms with Gasteiger partial charge in [0.2, 0.25) is 5.91 Å². The molecule has 0 spiro atoms. The first-order chi connectivity index (χ1) is 12.1. The molecule has 6 heteroatoms. The van der Waals surface area contributed by atoms with Crippen molar-refractivity contribution in [3.63, 3.8) is 0 Å². The van der Waals surface area contributed by atoms with Crippen molar-refractivity contribution in [1.29, 1.82) is 0 Å². The van der Waals surface area contributed by atoms with Gasteiger partial charge in [0, 0.05) is 44.8 Å². The minimum absolute atomic E-state index is 0.0392. The van der Waals surface area contributed by atoms with E-state index in [-0.39, 0.29) is 5.91 Å². The van der Waals surface area contributed by atoms with Crippen molar-refractivity contribution in [3.8, 4) is 5.75 Å². The Kier molecular flexibility index (Phi) is 5.19. The maximum atomic E-state index is 11.5. The molecular weight excluding hydrogens is 315 g/mol. The van der Waals surface area contributed by atoms with E-state index in [4.69, 9.17) is 9.31 Å². The predicted molar refractivity (Wildman–Crippen MR) is 99.4 cm³/mol. The van der Waals surface area contributed by atoms with Crippen LogP contribution in [0.3, 0.4) is 0 Å². The van der Waals surface area contributed by atoms with Crippen LogP contribution in [0.1, 0.15) is 23.6 Å². The fourth-order valence-corrected chi connectivity index (χ4v) is 2.78. The van der Waals surface area contributed by atoms with Gasteiger partial charge in [0.15, 0.2) is 0 Å². The first-order valence-corrected chi connectivity index (χ1v) is 8.21. The molecule has 0 atom stereocenters. The van der Waals surface area contributed by atoms with Crippen molar-refractivity contribution in [3.05, 3.63) is 59.2 Å². The van der Waals surface area contributed by atoms with E-state index in [0.717, 1.165) is 27.9 Å². The highest BCUT2D eigenvalue weighted by atomic mass is 16.6. The largest absolute Gasteiger partial charge is 0.563 e. The molecule has 0 aliphatic carbocycles. The highest BCUT2D eigenvalue weighted by Gasteiger charge is 2.33. The molecule has 1 amide bonds. The van der Waals surface area contributed by atoms with Gasteiger partial charge in [-0.1, -0.05) is 30.3 Å². The molecule has 0 N–H and O–H groups in total. The van der Waals surface area contributed by atoms with Crippen LogP contribution in [-0.4, -0.2) is 38.2 Å². The molecule has 5 nitrogen and oxygen atoms in total. The van der Waals surface area contributed by atoms with Crippen molar-refractivity contribution in [2.24, 2.45) is 4.99 Å². The molecule has 2 aromatic rings. The number of hydrogen-bond acceptors (Lipinski definition) is 4.